The van der Waals surface area contributed by atoms with Gasteiger partial charge in [-0.3, -0.25) is 4.98 Å². The molecule has 1 aromatic rings. The Bertz CT molecular complexity index is 539. The average Bonchev–Trinajstić information content (AvgIpc) is 3.02. The van der Waals surface area contributed by atoms with Gasteiger partial charge < -0.3 is 5.32 Å². The molecular weight excluding hydrogens is 310 g/mol. The van der Waals surface area contributed by atoms with E-state index in [1.54, 1.807) is 22.6 Å². The fourth-order valence-corrected chi connectivity index (χ4v) is 4.72. The van der Waals surface area contributed by atoms with Crippen LogP contribution in [0, 0.1) is 5.92 Å². The molecule has 0 amide bonds. The normalized spacial score (nSPS) is 24.7. The Kier molecular flexibility index (Phi) is 5.60. The molecular formula is C14H22ClN3O2S. The van der Waals surface area contributed by atoms with E-state index < -0.39 is 10.0 Å². The van der Waals surface area contributed by atoms with E-state index in [4.69, 9.17) is 0 Å². The Morgan fingerprint density at radius 2 is 2.00 bits per heavy atom. The molecule has 2 aliphatic heterocycles. The van der Waals surface area contributed by atoms with Crippen molar-refractivity contribution in [3.05, 3.63) is 24.5 Å². The molecule has 0 radical (unpaired) electrons. The summed E-state index contributed by atoms with van der Waals surface area (Å²) >= 11 is 0. The van der Waals surface area contributed by atoms with E-state index in [0.717, 1.165) is 19.4 Å². The second-order valence-electron chi connectivity index (χ2n) is 5.63. The van der Waals surface area contributed by atoms with Crippen LogP contribution in [0.5, 0.6) is 0 Å². The number of aromatic nitrogens is 1. The first-order valence-corrected chi connectivity index (χ1v) is 8.75. The monoisotopic (exact) mass is 331 g/mol. The van der Waals surface area contributed by atoms with E-state index in [-0.39, 0.29) is 12.4 Å². The predicted octanol–water partition coefficient (Wildman–Crippen LogP) is 1.66. The number of halogens is 1. The van der Waals surface area contributed by atoms with Crippen LogP contribution in [-0.4, -0.2) is 43.4 Å². The lowest BCUT2D eigenvalue weighted by atomic mass is 9.89. The molecule has 0 saturated carbocycles. The second kappa shape index (κ2) is 7.05. The van der Waals surface area contributed by atoms with Crippen molar-refractivity contribution in [3.8, 4) is 0 Å². The van der Waals surface area contributed by atoms with Crippen molar-refractivity contribution in [2.24, 2.45) is 5.92 Å². The third kappa shape index (κ3) is 3.56. The van der Waals surface area contributed by atoms with Crippen LogP contribution >= 0.6 is 12.4 Å². The van der Waals surface area contributed by atoms with Crippen LogP contribution in [0.1, 0.15) is 25.7 Å². The molecule has 0 bridgehead atoms. The van der Waals surface area contributed by atoms with Crippen LogP contribution in [0.15, 0.2) is 29.4 Å². The maximum Gasteiger partial charge on any atom is 0.244 e. The van der Waals surface area contributed by atoms with E-state index in [2.05, 4.69) is 10.3 Å². The highest BCUT2D eigenvalue weighted by Gasteiger charge is 2.33. The molecule has 21 heavy (non-hydrogen) atoms. The lowest BCUT2D eigenvalue weighted by Gasteiger charge is -2.34. The van der Waals surface area contributed by atoms with Crippen LogP contribution in [-0.2, 0) is 10.0 Å². The van der Waals surface area contributed by atoms with Gasteiger partial charge in [0.15, 0.2) is 0 Å². The van der Waals surface area contributed by atoms with Gasteiger partial charge >= 0.3 is 0 Å². The Morgan fingerprint density at radius 3 is 2.57 bits per heavy atom. The van der Waals surface area contributed by atoms with E-state index in [0.29, 0.717) is 29.9 Å². The minimum Gasteiger partial charge on any atom is -0.314 e. The molecule has 7 heteroatoms. The third-order valence-electron chi connectivity index (χ3n) is 4.44. The smallest absolute Gasteiger partial charge is 0.244 e. The van der Waals surface area contributed by atoms with Crippen LogP contribution in [0.3, 0.4) is 0 Å². The molecule has 2 aliphatic rings. The highest BCUT2D eigenvalue weighted by atomic mass is 35.5. The highest BCUT2D eigenvalue weighted by Crippen LogP contribution is 2.28. The summed E-state index contributed by atoms with van der Waals surface area (Å²) in [6, 6.07) is 3.88. The topological polar surface area (TPSA) is 62.3 Å². The Morgan fingerprint density at radius 1 is 1.24 bits per heavy atom. The van der Waals surface area contributed by atoms with Crippen LogP contribution in [0.4, 0.5) is 0 Å². The fraction of sp³-hybridized carbons (Fsp3) is 0.643. The lowest BCUT2D eigenvalue weighted by molar-refractivity contribution is 0.234. The molecule has 1 unspecified atom stereocenters. The Labute approximate surface area is 132 Å². The molecule has 0 aromatic carbocycles. The summed E-state index contributed by atoms with van der Waals surface area (Å²) in [5.41, 5.74) is 0. The van der Waals surface area contributed by atoms with Crippen molar-refractivity contribution in [2.75, 3.05) is 19.6 Å². The predicted molar refractivity (Wildman–Crippen MR) is 84.0 cm³/mol. The van der Waals surface area contributed by atoms with Crippen molar-refractivity contribution in [3.63, 3.8) is 0 Å². The largest absolute Gasteiger partial charge is 0.314 e. The number of piperidine rings is 1. The minimum absolute atomic E-state index is 0. The quantitative estimate of drug-likeness (QED) is 0.915. The molecule has 0 spiro atoms. The van der Waals surface area contributed by atoms with Gasteiger partial charge in [0, 0.05) is 31.5 Å². The van der Waals surface area contributed by atoms with Crippen molar-refractivity contribution >= 4 is 22.4 Å². The molecule has 3 heterocycles. The molecule has 118 valence electrons. The molecule has 5 nitrogen and oxygen atoms in total. The number of rotatable bonds is 3. The zero-order valence-corrected chi connectivity index (χ0v) is 13.6. The molecule has 0 aliphatic carbocycles. The maximum atomic E-state index is 12.5. The van der Waals surface area contributed by atoms with Crippen molar-refractivity contribution in [1.82, 2.24) is 14.6 Å². The molecule has 2 fully saturated rings. The maximum absolute atomic E-state index is 12.5. The number of pyridine rings is 1. The van der Waals surface area contributed by atoms with Gasteiger partial charge in [0.25, 0.3) is 0 Å². The van der Waals surface area contributed by atoms with E-state index in [1.807, 2.05) is 0 Å². The summed E-state index contributed by atoms with van der Waals surface area (Å²) < 4.78 is 26.6. The number of hydrogen-bond donors (Lipinski definition) is 1. The van der Waals surface area contributed by atoms with Crippen LogP contribution in [0.25, 0.3) is 0 Å². The van der Waals surface area contributed by atoms with Gasteiger partial charge in [-0.25, -0.2) is 8.42 Å². The summed E-state index contributed by atoms with van der Waals surface area (Å²) in [7, 11) is -3.36. The zero-order valence-electron chi connectivity index (χ0n) is 11.9. The molecule has 1 atom stereocenters. The van der Waals surface area contributed by atoms with Gasteiger partial charge in [-0.05, 0) is 50.3 Å². The van der Waals surface area contributed by atoms with Gasteiger partial charge in [0.05, 0.1) is 0 Å². The van der Waals surface area contributed by atoms with E-state index in [1.165, 1.54) is 19.0 Å². The first-order valence-electron chi connectivity index (χ1n) is 7.31. The van der Waals surface area contributed by atoms with Crippen LogP contribution in [0.2, 0.25) is 0 Å². The van der Waals surface area contributed by atoms with Gasteiger partial charge in [0.2, 0.25) is 10.0 Å². The SMILES string of the molecule is Cl.O=S(=O)(c1cccnc1)N1CCC(C2CCCN2)CC1. The number of sulfonamides is 1. The number of hydrogen-bond acceptors (Lipinski definition) is 4. The summed E-state index contributed by atoms with van der Waals surface area (Å²) in [4.78, 5) is 4.21. The van der Waals surface area contributed by atoms with E-state index in [9.17, 15) is 8.42 Å². The van der Waals surface area contributed by atoms with E-state index >= 15 is 0 Å². The summed E-state index contributed by atoms with van der Waals surface area (Å²) in [5.74, 6) is 0.623. The van der Waals surface area contributed by atoms with Crippen molar-refractivity contribution in [1.29, 1.82) is 0 Å². The van der Waals surface area contributed by atoms with Gasteiger partial charge in [0.1, 0.15) is 4.90 Å². The Balaban J connectivity index is 0.00000161. The number of nitrogens with zero attached hydrogens (tertiary/aromatic N) is 2. The summed E-state index contributed by atoms with van der Waals surface area (Å²) in [5, 5.41) is 3.53. The molecule has 2 saturated heterocycles. The molecule has 1 aromatic heterocycles. The summed E-state index contributed by atoms with van der Waals surface area (Å²) in [6.07, 6.45) is 7.42. The Hall–Kier alpha value is -0.690. The van der Waals surface area contributed by atoms with Gasteiger partial charge in [-0.15, -0.1) is 12.4 Å². The van der Waals surface area contributed by atoms with Gasteiger partial charge in [-0.2, -0.15) is 4.31 Å². The first-order chi connectivity index (χ1) is 9.68. The lowest BCUT2D eigenvalue weighted by Crippen LogP contribution is -2.43. The number of nitrogens with one attached hydrogen (secondary N) is 1. The van der Waals surface area contributed by atoms with Crippen molar-refractivity contribution < 1.29 is 8.42 Å². The van der Waals surface area contributed by atoms with Gasteiger partial charge in [-0.1, -0.05) is 0 Å². The van der Waals surface area contributed by atoms with Crippen molar-refractivity contribution in [2.45, 2.75) is 36.6 Å². The fourth-order valence-electron chi connectivity index (χ4n) is 3.28. The molecule has 3 rings (SSSR count). The third-order valence-corrected chi connectivity index (χ3v) is 6.32. The second-order valence-corrected chi connectivity index (χ2v) is 7.57. The zero-order chi connectivity index (χ0) is 14.0. The first kappa shape index (κ1) is 16.7. The highest BCUT2D eigenvalue weighted by molar-refractivity contribution is 7.89. The minimum atomic E-state index is -3.36. The van der Waals surface area contributed by atoms with Crippen LogP contribution < -0.4 is 5.32 Å². The standard InChI is InChI=1S/C14H21N3O2S.ClH/c18-20(19,13-3-1-7-15-11-13)17-9-5-12(6-10-17)14-4-2-8-16-14;/h1,3,7,11-12,14,16H,2,4-6,8-10H2;1H. The molecule has 1 N–H and O–H groups in total. The summed E-state index contributed by atoms with van der Waals surface area (Å²) in [6.45, 7) is 2.36. The average molecular weight is 332 g/mol.